The van der Waals surface area contributed by atoms with Crippen molar-refractivity contribution in [3.63, 3.8) is 0 Å². The van der Waals surface area contributed by atoms with Gasteiger partial charge in [-0.3, -0.25) is 0 Å². The minimum Gasteiger partial charge on any atom is -0.455 e. The molecule has 1 aliphatic carbocycles. The maximum absolute atomic E-state index is 6.82. The fourth-order valence-electron chi connectivity index (χ4n) is 8.26. The van der Waals surface area contributed by atoms with Crippen LogP contribution in [0.25, 0.3) is 106 Å². The van der Waals surface area contributed by atoms with Gasteiger partial charge in [-0.05, 0) is 92.4 Å². The van der Waals surface area contributed by atoms with Crippen LogP contribution in [-0.4, -0.2) is 15.0 Å². The summed E-state index contributed by atoms with van der Waals surface area (Å²) in [5, 5.41) is 4.41. The maximum Gasteiger partial charge on any atom is 0.167 e. The first kappa shape index (κ1) is 33.0. The van der Waals surface area contributed by atoms with E-state index in [9.17, 15) is 0 Å². The van der Waals surface area contributed by atoms with Crippen LogP contribution >= 0.6 is 0 Å². The lowest BCUT2D eigenvalue weighted by molar-refractivity contribution is 0.670. The topological polar surface area (TPSA) is 51.8 Å². The zero-order valence-electron chi connectivity index (χ0n) is 31.1. The van der Waals surface area contributed by atoms with Gasteiger partial charge in [0.1, 0.15) is 11.2 Å². The van der Waals surface area contributed by atoms with Gasteiger partial charge in [-0.1, -0.05) is 164 Å². The first-order valence-electron chi connectivity index (χ1n) is 19.5. The van der Waals surface area contributed by atoms with E-state index in [0.717, 1.165) is 78.9 Å². The smallest absolute Gasteiger partial charge is 0.167 e. The first-order chi connectivity index (χ1) is 28.2. The molecule has 0 bridgehead atoms. The van der Waals surface area contributed by atoms with Gasteiger partial charge in [-0.15, -0.1) is 0 Å². The van der Waals surface area contributed by atoms with Crippen molar-refractivity contribution in [2.75, 3.05) is 0 Å². The highest BCUT2D eigenvalue weighted by Gasteiger charge is 2.21. The summed E-state index contributed by atoms with van der Waals surface area (Å²) in [6, 6.07) is 61.9. The van der Waals surface area contributed by atoms with Crippen LogP contribution in [0.5, 0.6) is 0 Å². The lowest BCUT2D eigenvalue weighted by atomic mass is 9.93. The van der Waals surface area contributed by atoms with Crippen LogP contribution in [0, 0.1) is 0 Å². The van der Waals surface area contributed by atoms with Gasteiger partial charge >= 0.3 is 0 Å². The second-order valence-corrected chi connectivity index (χ2v) is 14.7. The number of nitrogens with zero attached hydrogens (tertiary/aromatic N) is 3. The fourth-order valence-corrected chi connectivity index (χ4v) is 8.26. The maximum atomic E-state index is 6.82. The quantitative estimate of drug-likeness (QED) is 0.171. The Labute approximate surface area is 330 Å². The number of aryl methyl sites for hydroxylation is 1. The van der Waals surface area contributed by atoms with Gasteiger partial charge in [-0.25, -0.2) is 15.0 Å². The molecule has 57 heavy (non-hydrogen) atoms. The molecule has 0 saturated heterocycles. The number of hydrogen-bond acceptors (Lipinski definition) is 4. The number of allylic oxidation sites excluding steroid dienone is 1. The Hall–Kier alpha value is -7.43. The molecule has 0 unspecified atom stereocenters. The van der Waals surface area contributed by atoms with Crippen molar-refractivity contribution in [1.82, 2.24) is 15.0 Å². The van der Waals surface area contributed by atoms with Crippen LogP contribution in [0.1, 0.15) is 17.5 Å². The van der Waals surface area contributed by atoms with Crippen molar-refractivity contribution in [3.05, 3.63) is 193 Å². The Bertz CT molecular complexity index is 3160. The van der Waals surface area contributed by atoms with Crippen LogP contribution in [0.4, 0.5) is 0 Å². The Balaban J connectivity index is 1.13. The van der Waals surface area contributed by atoms with Gasteiger partial charge in [0.05, 0.1) is 5.56 Å². The molecule has 11 rings (SSSR count). The Kier molecular flexibility index (Phi) is 7.92. The Morgan fingerprint density at radius 3 is 1.88 bits per heavy atom. The summed E-state index contributed by atoms with van der Waals surface area (Å²) < 4.78 is 6.82. The van der Waals surface area contributed by atoms with Gasteiger partial charge in [0.15, 0.2) is 17.5 Å². The lowest BCUT2D eigenvalue weighted by Crippen LogP contribution is -2.01. The van der Waals surface area contributed by atoms with Gasteiger partial charge in [-0.2, -0.15) is 0 Å². The monoisotopic (exact) mass is 729 g/mol. The molecule has 0 atom stereocenters. The lowest BCUT2D eigenvalue weighted by Gasteiger charge is -2.13. The van der Waals surface area contributed by atoms with Crippen LogP contribution in [0.2, 0.25) is 0 Å². The Morgan fingerprint density at radius 2 is 1.05 bits per heavy atom. The zero-order chi connectivity index (χ0) is 37.7. The van der Waals surface area contributed by atoms with Crippen molar-refractivity contribution >= 4 is 38.8 Å². The van der Waals surface area contributed by atoms with E-state index >= 15 is 0 Å². The third kappa shape index (κ3) is 5.99. The molecule has 4 heteroatoms. The van der Waals surface area contributed by atoms with E-state index < -0.39 is 0 Å². The van der Waals surface area contributed by atoms with Crippen LogP contribution in [-0.2, 0) is 6.42 Å². The third-order valence-corrected chi connectivity index (χ3v) is 11.2. The summed E-state index contributed by atoms with van der Waals surface area (Å²) in [5.74, 6) is 1.77. The number of hydrogen-bond donors (Lipinski definition) is 0. The van der Waals surface area contributed by atoms with E-state index in [1.807, 2.05) is 24.3 Å². The fraction of sp³-hybridized carbons (Fsp3) is 0.0377. The number of fused-ring (bicyclic) bond motifs is 6. The number of rotatable bonds is 6. The van der Waals surface area contributed by atoms with Crippen LogP contribution in [0.3, 0.4) is 0 Å². The largest absolute Gasteiger partial charge is 0.455 e. The molecule has 4 nitrogen and oxygen atoms in total. The predicted octanol–water partition coefficient (Wildman–Crippen LogP) is 13.9. The third-order valence-electron chi connectivity index (χ3n) is 11.2. The molecule has 0 saturated carbocycles. The summed E-state index contributed by atoms with van der Waals surface area (Å²) in [4.78, 5) is 15.6. The summed E-state index contributed by atoms with van der Waals surface area (Å²) in [6.45, 7) is 0. The zero-order valence-corrected chi connectivity index (χ0v) is 31.1. The molecule has 0 spiro atoms. The minimum atomic E-state index is 0.556. The van der Waals surface area contributed by atoms with Crippen LogP contribution in [0.15, 0.2) is 186 Å². The molecular formula is C53H35N3O. The van der Waals surface area contributed by atoms with Crippen molar-refractivity contribution in [2.45, 2.75) is 12.8 Å². The molecule has 10 aromatic rings. The van der Waals surface area contributed by atoms with Crippen molar-refractivity contribution in [3.8, 4) is 67.5 Å². The molecule has 0 aliphatic heterocycles. The molecule has 2 aromatic heterocycles. The highest BCUT2D eigenvalue weighted by molar-refractivity contribution is 6.21. The molecule has 1 aliphatic rings. The number of furan rings is 1. The van der Waals surface area contributed by atoms with Crippen LogP contribution < -0.4 is 0 Å². The molecule has 2 heterocycles. The SMILES string of the molecule is C1=Cc2ccc(-c3cccc(-c4nc(-c5ccccc5)nc(-c5cc(-c6ccc(-c7ccccc7)cc6)cc6c5oc5ccc7ccccc7c56)n4)c3)cc2CC1. The van der Waals surface area contributed by atoms with Gasteiger partial charge < -0.3 is 4.42 Å². The molecular weight excluding hydrogens is 695 g/mol. The van der Waals surface area contributed by atoms with E-state index in [1.165, 1.54) is 27.8 Å². The number of benzene rings is 8. The van der Waals surface area contributed by atoms with E-state index in [1.54, 1.807) is 0 Å². The van der Waals surface area contributed by atoms with E-state index in [-0.39, 0.29) is 0 Å². The van der Waals surface area contributed by atoms with Gasteiger partial charge in [0.25, 0.3) is 0 Å². The molecule has 8 aromatic carbocycles. The standard InChI is InChI=1S/C53H35N3O/c1-3-12-34(13-4-1)36-22-24-37(25-23-36)44-32-46-49-45-21-10-9-15-38(45)28-29-48(49)57-50(46)47(33-44)53-55-51(39-16-5-2-6-17-39)54-52(56-53)43-20-11-19-41(31-43)42-27-26-35-14-7-8-18-40(35)30-42/h1-7,9-17,19-33H,8,18H2. The Morgan fingerprint density at radius 1 is 0.421 bits per heavy atom. The van der Waals surface area contributed by atoms with E-state index in [2.05, 4.69) is 164 Å². The highest BCUT2D eigenvalue weighted by atomic mass is 16.3. The normalized spacial score (nSPS) is 12.4. The second-order valence-electron chi connectivity index (χ2n) is 14.7. The molecule has 0 amide bonds. The summed E-state index contributed by atoms with van der Waals surface area (Å²) in [7, 11) is 0. The number of aromatic nitrogens is 3. The summed E-state index contributed by atoms with van der Waals surface area (Å²) >= 11 is 0. The van der Waals surface area contributed by atoms with E-state index in [0.29, 0.717) is 17.5 Å². The highest BCUT2D eigenvalue weighted by Crippen LogP contribution is 2.42. The van der Waals surface area contributed by atoms with Gasteiger partial charge in [0, 0.05) is 21.9 Å². The molecule has 0 fully saturated rings. The average molecular weight is 730 g/mol. The van der Waals surface area contributed by atoms with Gasteiger partial charge in [0.2, 0.25) is 0 Å². The van der Waals surface area contributed by atoms with Crippen molar-refractivity contribution in [1.29, 1.82) is 0 Å². The first-order valence-corrected chi connectivity index (χ1v) is 19.5. The van der Waals surface area contributed by atoms with E-state index in [4.69, 9.17) is 19.4 Å². The minimum absolute atomic E-state index is 0.556. The summed E-state index contributed by atoms with van der Waals surface area (Å²) in [5.41, 5.74) is 13.7. The summed E-state index contributed by atoms with van der Waals surface area (Å²) in [6.07, 6.45) is 6.61. The van der Waals surface area contributed by atoms with Crippen molar-refractivity contribution < 1.29 is 4.42 Å². The molecule has 268 valence electrons. The molecule has 0 N–H and O–H groups in total. The average Bonchev–Trinajstić information content (AvgIpc) is 3.68. The van der Waals surface area contributed by atoms with Crippen molar-refractivity contribution in [2.24, 2.45) is 0 Å². The molecule has 0 radical (unpaired) electrons. The predicted molar refractivity (Wildman–Crippen MR) is 235 cm³/mol. The second kappa shape index (κ2) is 13.7.